The Morgan fingerprint density at radius 1 is 1.15 bits per heavy atom. The standard InChI is InChI=1S/C19H30N2O4S/c1-13-12-14(2)16(4)18(15(13)3)26(23,24)21-9-6-17(7-10-21)19(22)20-8-11-25-5/h12,17H,6-11H2,1-5H3,(H,20,22). The average Bonchev–Trinajstić information content (AvgIpc) is 2.60. The van der Waals surface area contributed by atoms with Gasteiger partial charge in [0, 0.05) is 32.7 Å². The molecule has 26 heavy (non-hydrogen) atoms. The summed E-state index contributed by atoms with van der Waals surface area (Å²) in [6.45, 7) is 9.32. The van der Waals surface area contributed by atoms with Crippen LogP contribution in [-0.4, -0.2) is 52.0 Å². The lowest BCUT2D eigenvalue weighted by atomic mass is 9.97. The van der Waals surface area contributed by atoms with Gasteiger partial charge in [0.1, 0.15) is 0 Å². The van der Waals surface area contributed by atoms with Gasteiger partial charge in [-0.25, -0.2) is 8.42 Å². The smallest absolute Gasteiger partial charge is 0.243 e. The molecule has 0 radical (unpaired) electrons. The zero-order valence-electron chi connectivity index (χ0n) is 16.4. The highest BCUT2D eigenvalue weighted by Crippen LogP contribution is 2.31. The molecular formula is C19H30N2O4S. The molecule has 1 fully saturated rings. The molecule has 146 valence electrons. The van der Waals surface area contributed by atoms with Crippen LogP contribution >= 0.6 is 0 Å². The Balaban J connectivity index is 2.13. The molecule has 6 nitrogen and oxygen atoms in total. The number of sulfonamides is 1. The van der Waals surface area contributed by atoms with Crippen molar-refractivity contribution < 1.29 is 17.9 Å². The minimum Gasteiger partial charge on any atom is -0.383 e. The van der Waals surface area contributed by atoms with Gasteiger partial charge >= 0.3 is 0 Å². The summed E-state index contributed by atoms with van der Waals surface area (Å²) in [5.74, 6) is -0.155. The lowest BCUT2D eigenvalue weighted by molar-refractivity contribution is -0.126. The third kappa shape index (κ3) is 4.27. The van der Waals surface area contributed by atoms with Crippen LogP contribution in [0.15, 0.2) is 11.0 Å². The quantitative estimate of drug-likeness (QED) is 0.765. The molecular weight excluding hydrogens is 352 g/mol. The van der Waals surface area contributed by atoms with Crippen LogP contribution in [0.5, 0.6) is 0 Å². The highest BCUT2D eigenvalue weighted by Gasteiger charge is 2.34. The minimum atomic E-state index is -3.56. The molecule has 2 rings (SSSR count). The lowest BCUT2D eigenvalue weighted by Crippen LogP contribution is -2.43. The van der Waals surface area contributed by atoms with Crippen molar-refractivity contribution in [1.82, 2.24) is 9.62 Å². The van der Waals surface area contributed by atoms with Crippen molar-refractivity contribution in [2.24, 2.45) is 5.92 Å². The Kier molecular flexibility index (Phi) is 6.82. The van der Waals surface area contributed by atoms with Gasteiger partial charge in [0.25, 0.3) is 0 Å². The molecule has 1 amide bonds. The molecule has 0 atom stereocenters. The second kappa shape index (κ2) is 8.50. The van der Waals surface area contributed by atoms with E-state index >= 15 is 0 Å². The van der Waals surface area contributed by atoms with Gasteiger partial charge < -0.3 is 10.1 Å². The molecule has 0 bridgehead atoms. The Bertz CT molecular complexity index is 740. The molecule has 0 spiro atoms. The average molecular weight is 383 g/mol. The van der Waals surface area contributed by atoms with E-state index in [4.69, 9.17) is 4.74 Å². The second-order valence-corrected chi connectivity index (χ2v) is 8.93. The molecule has 1 aliphatic heterocycles. The third-order valence-electron chi connectivity index (χ3n) is 5.33. The van der Waals surface area contributed by atoms with Gasteiger partial charge in [-0.05, 0) is 62.8 Å². The first-order valence-corrected chi connectivity index (χ1v) is 10.5. The molecule has 7 heteroatoms. The van der Waals surface area contributed by atoms with E-state index in [0.29, 0.717) is 44.0 Å². The van der Waals surface area contributed by atoms with Crippen molar-refractivity contribution in [1.29, 1.82) is 0 Å². The van der Waals surface area contributed by atoms with Crippen LogP contribution in [0.4, 0.5) is 0 Å². The topological polar surface area (TPSA) is 75.7 Å². The van der Waals surface area contributed by atoms with Gasteiger partial charge in [0.15, 0.2) is 0 Å². The summed E-state index contributed by atoms with van der Waals surface area (Å²) in [7, 11) is -1.97. The van der Waals surface area contributed by atoms with Crippen LogP contribution < -0.4 is 5.32 Å². The van der Waals surface area contributed by atoms with Crippen molar-refractivity contribution in [3.63, 3.8) is 0 Å². The summed E-state index contributed by atoms with van der Waals surface area (Å²) in [5.41, 5.74) is 3.60. The van der Waals surface area contributed by atoms with E-state index in [1.165, 1.54) is 4.31 Å². The van der Waals surface area contributed by atoms with E-state index in [1.54, 1.807) is 7.11 Å². The van der Waals surface area contributed by atoms with Gasteiger partial charge in [-0.1, -0.05) is 6.07 Å². The molecule has 0 saturated carbocycles. The predicted molar refractivity (Wildman–Crippen MR) is 102 cm³/mol. The van der Waals surface area contributed by atoms with Gasteiger partial charge in [-0.3, -0.25) is 4.79 Å². The van der Waals surface area contributed by atoms with E-state index in [-0.39, 0.29) is 11.8 Å². The van der Waals surface area contributed by atoms with Crippen molar-refractivity contribution in [3.8, 4) is 0 Å². The number of amides is 1. The number of carbonyl (C=O) groups is 1. The summed E-state index contributed by atoms with van der Waals surface area (Å²) < 4.78 is 32.9. The SMILES string of the molecule is COCCNC(=O)C1CCN(S(=O)(=O)c2c(C)c(C)cc(C)c2C)CC1. The summed E-state index contributed by atoms with van der Waals surface area (Å²) in [6, 6.07) is 2.03. The summed E-state index contributed by atoms with van der Waals surface area (Å²) in [4.78, 5) is 12.6. The second-order valence-electron chi connectivity index (χ2n) is 7.05. The first kappa shape index (κ1) is 20.9. The number of rotatable bonds is 6. The third-order valence-corrected chi connectivity index (χ3v) is 7.50. The number of nitrogens with one attached hydrogen (secondary N) is 1. The number of nitrogens with zero attached hydrogens (tertiary/aromatic N) is 1. The van der Waals surface area contributed by atoms with Crippen molar-refractivity contribution in [2.75, 3.05) is 33.4 Å². The Labute approximate surface area is 157 Å². The van der Waals surface area contributed by atoms with Crippen LogP contribution in [0.1, 0.15) is 35.1 Å². The van der Waals surface area contributed by atoms with Crippen LogP contribution in [0.2, 0.25) is 0 Å². The highest BCUT2D eigenvalue weighted by molar-refractivity contribution is 7.89. The zero-order valence-corrected chi connectivity index (χ0v) is 17.2. The Morgan fingerprint density at radius 3 is 2.19 bits per heavy atom. The fourth-order valence-electron chi connectivity index (χ4n) is 3.48. The van der Waals surface area contributed by atoms with E-state index in [0.717, 1.165) is 22.3 Å². The molecule has 0 aromatic heterocycles. The maximum atomic E-state index is 13.2. The van der Waals surface area contributed by atoms with Crippen molar-refractivity contribution in [3.05, 3.63) is 28.3 Å². The van der Waals surface area contributed by atoms with Crippen LogP contribution in [-0.2, 0) is 19.6 Å². The van der Waals surface area contributed by atoms with E-state index in [2.05, 4.69) is 5.32 Å². The van der Waals surface area contributed by atoms with E-state index < -0.39 is 10.0 Å². The normalized spacial score (nSPS) is 16.7. The number of hydrogen-bond acceptors (Lipinski definition) is 4. The number of benzene rings is 1. The maximum absolute atomic E-state index is 13.2. The summed E-state index contributed by atoms with van der Waals surface area (Å²) in [6.07, 6.45) is 1.09. The number of carbonyl (C=O) groups excluding carboxylic acids is 1. The van der Waals surface area contributed by atoms with E-state index in [1.807, 2.05) is 33.8 Å². The Hall–Kier alpha value is -1.44. The predicted octanol–water partition coefficient (Wildman–Crippen LogP) is 2.08. The van der Waals surface area contributed by atoms with Crippen LogP contribution in [0.3, 0.4) is 0 Å². The largest absolute Gasteiger partial charge is 0.383 e. The van der Waals surface area contributed by atoms with E-state index in [9.17, 15) is 13.2 Å². The number of hydrogen-bond donors (Lipinski definition) is 1. The van der Waals surface area contributed by atoms with Crippen molar-refractivity contribution >= 4 is 15.9 Å². The fourth-order valence-corrected chi connectivity index (χ4v) is 5.52. The highest BCUT2D eigenvalue weighted by atomic mass is 32.2. The van der Waals surface area contributed by atoms with Gasteiger partial charge in [-0.15, -0.1) is 0 Å². The van der Waals surface area contributed by atoms with Crippen molar-refractivity contribution in [2.45, 2.75) is 45.4 Å². The molecule has 1 aliphatic rings. The van der Waals surface area contributed by atoms with Gasteiger partial charge in [-0.2, -0.15) is 4.31 Å². The monoisotopic (exact) mass is 382 g/mol. The first-order valence-electron chi connectivity index (χ1n) is 9.04. The van der Waals surface area contributed by atoms with Crippen LogP contribution in [0.25, 0.3) is 0 Å². The molecule has 1 saturated heterocycles. The number of aryl methyl sites for hydroxylation is 2. The van der Waals surface area contributed by atoms with Gasteiger partial charge in [0.2, 0.25) is 15.9 Å². The lowest BCUT2D eigenvalue weighted by Gasteiger charge is -2.31. The minimum absolute atomic E-state index is 0.0159. The summed E-state index contributed by atoms with van der Waals surface area (Å²) in [5, 5.41) is 2.84. The first-order chi connectivity index (χ1) is 12.2. The maximum Gasteiger partial charge on any atom is 0.243 e. The van der Waals surface area contributed by atoms with Gasteiger partial charge in [0.05, 0.1) is 11.5 Å². The number of piperidine rings is 1. The zero-order chi connectivity index (χ0) is 19.5. The molecule has 0 aliphatic carbocycles. The molecule has 1 aromatic carbocycles. The summed E-state index contributed by atoms with van der Waals surface area (Å²) >= 11 is 0. The number of methoxy groups -OCH3 is 1. The van der Waals surface area contributed by atoms with Crippen LogP contribution in [0, 0.1) is 33.6 Å². The molecule has 1 heterocycles. The number of ether oxygens (including phenoxy) is 1. The molecule has 1 aromatic rings. The molecule has 1 N–H and O–H groups in total. The molecule has 0 unspecified atom stereocenters. The fraction of sp³-hybridized carbons (Fsp3) is 0.632. The Morgan fingerprint density at radius 2 is 1.69 bits per heavy atom.